The Balaban J connectivity index is 1.93. The summed E-state index contributed by atoms with van der Waals surface area (Å²) in [5.41, 5.74) is 3.81. The largest absolute Gasteiger partial charge is 0.319 e. The number of halogens is 1. The number of carbonyl (C=O) groups is 1. The van der Waals surface area contributed by atoms with Crippen molar-refractivity contribution in [2.75, 3.05) is 5.32 Å². The number of H-pyrrole nitrogens is 1. The number of nitrogens with one attached hydrogen (secondary N) is 2. The van der Waals surface area contributed by atoms with Crippen molar-refractivity contribution >= 4 is 27.5 Å². The van der Waals surface area contributed by atoms with Gasteiger partial charge in [0.25, 0.3) is 5.91 Å². The van der Waals surface area contributed by atoms with Gasteiger partial charge in [-0.15, -0.1) is 0 Å². The van der Waals surface area contributed by atoms with Crippen molar-refractivity contribution in [3.05, 3.63) is 70.3 Å². The van der Waals surface area contributed by atoms with Crippen molar-refractivity contribution < 1.29 is 4.79 Å². The van der Waals surface area contributed by atoms with Crippen LogP contribution in [0.15, 0.2) is 59.1 Å². The van der Waals surface area contributed by atoms with E-state index in [1.54, 1.807) is 12.1 Å². The molecule has 0 fully saturated rings. The molecule has 3 rings (SSSR count). The van der Waals surface area contributed by atoms with Crippen LogP contribution in [-0.4, -0.2) is 16.1 Å². The van der Waals surface area contributed by atoms with Gasteiger partial charge in [-0.05, 0) is 31.2 Å². The second-order valence-electron chi connectivity index (χ2n) is 4.90. The lowest BCUT2D eigenvalue weighted by molar-refractivity contribution is 0.102. The molecule has 0 aliphatic rings. The number of amides is 1. The molecule has 0 saturated carbocycles. The third kappa shape index (κ3) is 2.94. The number of aromatic nitrogens is 2. The maximum absolute atomic E-state index is 12.3. The first kappa shape index (κ1) is 14.5. The molecule has 2 aromatic carbocycles. The highest BCUT2D eigenvalue weighted by molar-refractivity contribution is 9.10. The first-order valence-corrected chi connectivity index (χ1v) is 7.62. The smallest absolute Gasteiger partial charge is 0.255 e. The molecule has 110 valence electrons. The standard InChI is InChI=1S/C17H14BrN3O/c1-11-15(19-17(22)13-5-3-2-4-6-13)16(21-20-11)12-7-9-14(18)10-8-12/h2-10H,1H3,(H,19,22)(H,20,21). The summed E-state index contributed by atoms with van der Waals surface area (Å²) in [4.78, 5) is 12.3. The Kier molecular flexibility index (Phi) is 4.06. The fourth-order valence-electron chi connectivity index (χ4n) is 2.17. The van der Waals surface area contributed by atoms with Crippen molar-refractivity contribution in [3.63, 3.8) is 0 Å². The quantitative estimate of drug-likeness (QED) is 0.731. The summed E-state index contributed by atoms with van der Waals surface area (Å²) in [5, 5.41) is 10.2. The summed E-state index contributed by atoms with van der Waals surface area (Å²) < 4.78 is 0.998. The van der Waals surface area contributed by atoms with E-state index in [1.807, 2.05) is 49.4 Å². The summed E-state index contributed by atoms with van der Waals surface area (Å²) in [5.74, 6) is -0.150. The monoisotopic (exact) mass is 355 g/mol. The second-order valence-corrected chi connectivity index (χ2v) is 5.81. The Morgan fingerprint density at radius 3 is 2.45 bits per heavy atom. The molecule has 1 aromatic heterocycles. The third-order valence-electron chi connectivity index (χ3n) is 3.34. The lowest BCUT2D eigenvalue weighted by atomic mass is 10.1. The number of hydrogen-bond donors (Lipinski definition) is 2. The van der Waals surface area contributed by atoms with Gasteiger partial charge in [0.15, 0.2) is 0 Å². The number of carbonyl (C=O) groups excluding carboxylic acids is 1. The summed E-state index contributed by atoms with van der Waals surface area (Å²) in [6.45, 7) is 1.88. The Labute approximate surface area is 136 Å². The normalized spacial score (nSPS) is 10.5. The summed E-state index contributed by atoms with van der Waals surface area (Å²) in [7, 11) is 0. The van der Waals surface area contributed by atoms with Crippen LogP contribution in [0.25, 0.3) is 11.3 Å². The van der Waals surface area contributed by atoms with Gasteiger partial charge >= 0.3 is 0 Å². The number of rotatable bonds is 3. The van der Waals surface area contributed by atoms with Crippen LogP contribution in [0, 0.1) is 6.92 Å². The zero-order chi connectivity index (χ0) is 15.5. The van der Waals surface area contributed by atoms with E-state index in [1.165, 1.54) is 0 Å². The van der Waals surface area contributed by atoms with Crippen LogP contribution in [0.2, 0.25) is 0 Å². The molecule has 0 radical (unpaired) electrons. The van der Waals surface area contributed by atoms with Crippen LogP contribution < -0.4 is 5.32 Å². The highest BCUT2D eigenvalue weighted by atomic mass is 79.9. The van der Waals surface area contributed by atoms with E-state index in [2.05, 4.69) is 31.4 Å². The van der Waals surface area contributed by atoms with E-state index in [-0.39, 0.29) is 5.91 Å². The molecular formula is C17H14BrN3O. The fourth-order valence-corrected chi connectivity index (χ4v) is 2.44. The van der Waals surface area contributed by atoms with Gasteiger partial charge in [0.1, 0.15) is 5.69 Å². The van der Waals surface area contributed by atoms with Crippen LogP contribution in [-0.2, 0) is 0 Å². The Morgan fingerprint density at radius 2 is 1.77 bits per heavy atom. The Bertz CT molecular complexity index is 795. The van der Waals surface area contributed by atoms with Gasteiger partial charge < -0.3 is 5.32 Å². The Morgan fingerprint density at radius 1 is 1.09 bits per heavy atom. The molecule has 2 N–H and O–H groups in total. The van der Waals surface area contributed by atoms with Crippen LogP contribution in [0.1, 0.15) is 16.1 Å². The molecule has 0 aliphatic heterocycles. The van der Waals surface area contributed by atoms with Gasteiger partial charge in [-0.1, -0.05) is 46.3 Å². The van der Waals surface area contributed by atoms with E-state index in [0.29, 0.717) is 11.3 Å². The lowest BCUT2D eigenvalue weighted by Crippen LogP contribution is -2.12. The zero-order valence-corrected chi connectivity index (χ0v) is 13.5. The lowest BCUT2D eigenvalue weighted by Gasteiger charge is -2.07. The van der Waals surface area contributed by atoms with E-state index >= 15 is 0 Å². The maximum atomic E-state index is 12.3. The molecule has 0 saturated heterocycles. The molecule has 1 heterocycles. The number of hydrogen-bond acceptors (Lipinski definition) is 2. The highest BCUT2D eigenvalue weighted by Gasteiger charge is 2.15. The van der Waals surface area contributed by atoms with Gasteiger partial charge in [-0.2, -0.15) is 5.10 Å². The molecule has 0 unspecified atom stereocenters. The number of aryl methyl sites for hydroxylation is 1. The predicted molar refractivity (Wildman–Crippen MR) is 90.9 cm³/mol. The number of anilines is 1. The SMILES string of the molecule is Cc1[nH]nc(-c2ccc(Br)cc2)c1NC(=O)c1ccccc1. The third-order valence-corrected chi connectivity index (χ3v) is 3.87. The van der Waals surface area contributed by atoms with Crippen molar-refractivity contribution in [2.24, 2.45) is 0 Å². The average molecular weight is 356 g/mol. The predicted octanol–water partition coefficient (Wildman–Crippen LogP) is 4.40. The maximum Gasteiger partial charge on any atom is 0.255 e. The van der Waals surface area contributed by atoms with E-state index in [4.69, 9.17) is 0 Å². The molecule has 0 atom stereocenters. The topological polar surface area (TPSA) is 57.8 Å². The molecule has 22 heavy (non-hydrogen) atoms. The zero-order valence-electron chi connectivity index (χ0n) is 11.9. The van der Waals surface area contributed by atoms with E-state index < -0.39 is 0 Å². The van der Waals surface area contributed by atoms with Crippen LogP contribution in [0.3, 0.4) is 0 Å². The van der Waals surface area contributed by atoms with Crippen LogP contribution in [0.5, 0.6) is 0 Å². The van der Waals surface area contributed by atoms with Crippen molar-refractivity contribution in [3.8, 4) is 11.3 Å². The number of nitrogens with zero attached hydrogens (tertiary/aromatic N) is 1. The first-order valence-electron chi connectivity index (χ1n) is 6.82. The van der Waals surface area contributed by atoms with Crippen molar-refractivity contribution in [2.45, 2.75) is 6.92 Å². The summed E-state index contributed by atoms with van der Waals surface area (Å²) >= 11 is 3.41. The van der Waals surface area contributed by atoms with Gasteiger partial charge in [0.2, 0.25) is 0 Å². The van der Waals surface area contributed by atoms with E-state index in [9.17, 15) is 4.79 Å². The van der Waals surface area contributed by atoms with E-state index in [0.717, 1.165) is 21.4 Å². The Hall–Kier alpha value is -2.40. The highest BCUT2D eigenvalue weighted by Crippen LogP contribution is 2.29. The van der Waals surface area contributed by atoms with Crippen molar-refractivity contribution in [1.29, 1.82) is 0 Å². The number of aromatic amines is 1. The second kappa shape index (κ2) is 6.15. The minimum atomic E-state index is -0.150. The molecule has 1 amide bonds. The first-order chi connectivity index (χ1) is 10.6. The van der Waals surface area contributed by atoms with Gasteiger partial charge in [-0.25, -0.2) is 0 Å². The molecule has 0 aliphatic carbocycles. The molecule has 0 bridgehead atoms. The molecule has 4 nitrogen and oxygen atoms in total. The summed E-state index contributed by atoms with van der Waals surface area (Å²) in [6.07, 6.45) is 0. The van der Waals surface area contributed by atoms with Crippen LogP contribution in [0.4, 0.5) is 5.69 Å². The fraction of sp³-hybridized carbons (Fsp3) is 0.0588. The summed E-state index contributed by atoms with van der Waals surface area (Å²) in [6, 6.07) is 16.9. The van der Waals surface area contributed by atoms with Gasteiger partial charge in [-0.3, -0.25) is 9.89 Å². The van der Waals surface area contributed by atoms with Gasteiger partial charge in [0, 0.05) is 15.6 Å². The minimum absolute atomic E-state index is 0.150. The van der Waals surface area contributed by atoms with Crippen LogP contribution >= 0.6 is 15.9 Å². The average Bonchev–Trinajstić information content (AvgIpc) is 2.90. The van der Waals surface area contributed by atoms with Gasteiger partial charge in [0.05, 0.1) is 11.4 Å². The number of benzene rings is 2. The minimum Gasteiger partial charge on any atom is -0.319 e. The molecule has 0 spiro atoms. The molecular weight excluding hydrogens is 342 g/mol. The molecule has 5 heteroatoms. The molecule has 3 aromatic rings. The van der Waals surface area contributed by atoms with Crippen molar-refractivity contribution in [1.82, 2.24) is 10.2 Å².